The van der Waals surface area contributed by atoms with Crippen LogP contribution in [0, 0.1) is 6.92 Å². The fourth-order valence-electron chi connectivity index (χ4n) is 3.21. The quantitative estimate of drug-likeness (QED) is 0.290. The number of fused-ring (bicyclic) bond motifs is 1. The Balaban J connectivity index is 1.52. The minimum Gasteiger partial charge on any atom is -0.507 e. The fourth-order valence-corrected chi connectivity index (χ4v) is 3.42. The van der Waals surface area contributed by atoms with Crippen molar-refractivity contribution < 1.29 is 23.8 Å². The number of carbonyl (C=O) groups is 1. The van der Waals surface area contributed by atoms with Gasteiger partial charge in [0.05, 0.1) is 19.8 Å². The maximum atomic E-state index is 12.6. The zero-order chi connectivity index (χ0) is 23.5. The second-order valence-corrected chi connectivity index (χ2v) is 7.64. The van der Waals surface area contributed by atoms with Crippen LogP contribution in [0.25, 0.3) is 22.6 Å². The maximum absolute atomic E-state index is 12.6. The van der Waals surface area contributed by atoms with Crippen LogP contribution >= 0.6 is 12.2 Å². The molecule has 8 nitrogen and oxygen atoms in total. The normalized spacial score (nSPS) is 10.6. The number of anilines is 1. The molecule has 0 radical (unpaired) electrons. The Morgan fingerprint density at radius 2 is 1.76 bits per heavy atom. The van der Waals surface area contributed by atoms with Crippen LogP contribution in [0.5, 0.6) is 17.2 Å². The molecule has 4 rings (SSSR count). The van der Waals surface area contributed by atoms with Gasteiger partial charge in [-0.3, -0.25) is 10.1 Å². The Morgan fingerprint density at radius 1 is 1.03 bits per heavy atom. The number of aromatic nitrogens is 1. The van der Waals surface area contributed by atoms with Gasteiger partial charge in [-0.15, -0.1) is 0 Å². The fraction of sp³-hybridized carbons (Fsp3) is 0.125. The molecule has 0 saturated carbocycles. The van der Waals surface area contributed by atoms with Gasteiger partial charge < -0.3 is 24.3 Å². The van der Waals surface area contributed by atoms with Crippen molar-refractivity contribution in [3.63, 3.8) is 0 Å². The molecular formula is C24H21N3O5S. The summed E-state index contributed by atoms with van der Waals surface area (Å²) in [6.45, 7) is 1.96. The molecule has 0 unspecified atom stereocenters. The van der Waals surface area contributed by atoms with Crippen LogP contribution in [0.2, 0.25) is 0 Å². The smallest absolute Gasteiger partial charge is 0.257 e. The summed E-state index contributed by atoms with van der Waals surface area (Å²) in [5, 5.41) is 16.0. The lowest BCUT2D eigenvalue weighted by Crippen LogP contribution is -2.34. The molecule has 9 heteroatoms. The van der Waals surface area contributed by atoms with Gasteiger partial charge in [0.15, 0.2) is 10.7 Å². The third-order valence-corrected chi connectivity index (χ3v) is 5.07. The highest BCUT2D eigenvalue weighted by Gasteiger charge is 2.15. The number of amides is 1. The van der Waals surface area contributed by atoms with E-state index in [1.165, 1.54) is 20.3 Å². The number of thiocarbonyl (C=S) groups is 1. The van der Waals surface area contributed by atoms with E-state index in [1.807, 2.05) is 25.1 Å². The number of benzene rings is 3. The lowest BCUT2D eigenvalue weighted by atomic mass is 10.1. The molecule has 168 valence electrons. The largest absolute Gasteiger partial charge is 0.507 e. The number of aromatic hydroxyl groups is 1. The van der Waals surface area contributed by atoms with Crippen molar-refractivity contribution in [1.82, 2.24) is 10.3 Å². The van der Waals surface area contributed by atoms with E-state index in [4.69, 9.17) is 26.1 Å². The van der Waals surface area contributed by atoms with Crippen molar-refractivity contribution >= 4 is 40.0 Å². The van der Waals surface area contributed by atoms with Gasteiger partial charge >= 0.3 is 0 Å². The van der Waals surface area contributed by atoms with Gasteiger partial charge in [0.25, 0.3) is 5.91 Å². The second kappa shape index (κ2) is 9.17. The number of aryl methyl sites for hydroxylation is 1. The molecule has 1 amide bonds. The molecule has 0 atom stereocenters. The molecule has 0 aliphatic heterocycles. The van der Waals surface area contributed by atoms with E-state index in [-0.39, 0.29) is 16.8 Å². The Kier molecular flexibility index (Phi) is 6.14. The summed E-state index contributed by atoms with van der Waals surface area (Å²) in [6, 6.07) is 15.2. The predicted molar refractivity (Wildman–Crippen MR) is 129 cm³/mol. The van der Waals surface area contributed by atoms with Crippen LogP contribution in [0.4, 0.5) is 5.69 Å². The molecule has 3 aromatic carbocycles. The summed E-state index contributed by atoms with van der Waals surface area (Å²) in [5.74, 6) is 0.806. The zero-order valence-corrected chi connectivity index (χ0v) is 18.9. The SMILES string of the molecule is COc1cc(OC)cc(C(=O)NC(=S)Nc2ccc(O)c(-c3nc4ccc(C)cc4o3)c2)c1. The number of nitrogens with zero attached hydrogens (tertiary/aromatic N) is 1. The van der Waals surface area contributed by atoms with Crippen LogP contribution in [0.1, 0.15) is 15.9 Å². The Hall–Kier alpha value is -4.11. The summed E-state index contributed by atoms with van der Waals surface area (Å²) >= 11 is 5.29. The highest BCUT2D eigenvalue weighted by atomic mass is 32.1. The lowest BCUT2D eigenvalue weighted by molar-refractivity contribution is 0.0977. The standard InChI is InChI=1S/C24H21N3O5S/c1-13-4-6-19-21(8-13)32-23(26-19)18-11-15(5-7-20(18)28)25-24(33)27-22(29)14-9-16(30-2)12-17(10-14)31-3/h4-12,28H,1-3H3,(H2,25,27,29,33). The molecule has 0 bridgehead atoms. The zero-order valence-electron chi connectivity index (χ0n) is 18.1. The number of hydrogen-bond acceptors (Lipinski definition) is 7. The van der Waals surface area contributed by atoms with E-state index in [0.717, 1.165) is 5.56 Å². The van der Waals surface area contributed by atoms with E-state index in [2.05, 4.69) is 15.6 Å². The average Bonchev–Trinajstić information content (AvgIpc) is 3.22. The first-order valence-corrected chi connectivity index (χ1v) is 10.3. The summed E-state index contributed by atoms with van der Waals surface area (Å²) in [5.41, 5.74) is 3.60. The highest BCUT2D eigenvalue weighted by Crippen LogP contribution is 2.33. The molecular weight excluding hydrogens is 442 g/mol. The molecule has 0 aliphatic rings. The van der Waals surface area contributed by atoms with Crippen molar-refractivity contribution in [3.8, 4) is 28.7 Å². The topological polar surface area (TPSA) is 106 Å². The number of methoxy groups -OCH3 is 2. The first kappa shape index (κ1) is 22.1. The van der Waals surface area contributed by atoms with Crippen molar-refractivity contribution in [2.24, 2.45) is 0 Å². The lowest BCUT2D eigenvalue weighted by Gasteiger charge is -2.12. The van der Waals surface area contributed by atoms with Crippen LogP contribution < -0.4 is 20.1 Å². The van der Waals surface area contributed by atoms with Crippen molar-refractivity contribution in [1.29, 1.82) is 0 Å². The molecule has 0 fully saturated rings. The number of phenols is 1. The highest BCUT2D eigenvalue weighted by molar-refractivity contribution is 7.80. The predicted octanol–water partition coefficient (Wildman–Crippen LogP) is 4.65. The Labute approximate surface area is 195 Å². The second-order valence-electron chi connectivity index (χ2n) is 7.23. The van der Waals surface area contributed by atoms with Crippen molar-refractivity contribution in [3.05, 3.63) is 65.7 Å². The van der Waals surface area contributed by atoms with Gasteiger partial charge in [0.2, 0.25) is 5.89 Å². The Morgan fingerprint density at radius 3 is 2.45 bits per heavy atom. The van der Waals surface area contributed by atoms with E-state index >= 15 is 0 Å². The van der Waals surface area contributed by atoms with E-state index in [1.54, 1.807) is 30.3 Å². The van der Waals surface area contributed by atoms with Crippen LogP contribution in [-0.4, -0.2) is 35.3 Å². The first-order valence-electron chi connectivity index (χ1n) is 9.92. The number of nitrogens with one attached hydrogen (secondary N) is 2. The average molecular weight is 464 g/mol. The summed E-state index contributed by atoms with van der Waals surface area (Å²) in [6.07, 6.45) is 0. The number of ether oxygens (including phenoxy) is 2. The maximum Gasteiger partial charge on any atom is 0.257 e. The molecule has 0 spiro atoms. The molecule has 1 heterocycles. The van der Waals surface area contributed by atoms with Gasteiger partial charge in [-0.1, -0.05) is 6.07 Å². The molecule has 1 aromatic heterocycles. The monoisotopic (exact) mass is 463 g/mol. The number of rotatable bonds is 5. The van der Waals surface area contributed by atoms with Crippen molar-refractivity contribution in [2.75, 3.05) is 19.5 Å². The first-order chi connectivity index (χ1) is 15.9. The van der Waals surface area contributed by atoms with Crippen LogP contribution in [0.15, 0.2) is 59.0 Å². The number of hydrogen-bond donors (Lipinski definition) is 3. The molecule has 4 aromatic rings. The Bertz CT molecular complexity index is 1340. The van der Waals surface area contributed by atoms with E-state index in [0.29, 0.717) is 39.4 Å². The van der Waals surface area contributed by atoms with E-state index < -0.39 is 5.91 Å². The van der Waals surface area contributed by atoms with Crippen LogP contribution in [-0.2, 0) is 0 Å². The number of oxazole rings is 1. The number of carbonyl (C=O) groups excluding carboxylic acids is 1. The minimum absolute atomic E-state index is 0.00209. The van der Waals surface area contributed by atoms with Crippen LogP contribution in [0.3, 0.4) is 0 Å². The van der Waals surface area contributed by atoms with Gasteiger partial charge in [-0.25, -0.2) is 4.98 Å². The number of phenolic OH excluding ortho intramolecular Hbond substituents is 1. The molecule has 33 heavy (non-hydrogen) atoms. The summed E-state index contributed by atoms with van der Waals surface area (Å²) in [7, 11) is 3.01. The van der Waals surface area contributed by atoms with Gasteiger partial charge in [0, 0.05) is 17.3 Å². The third kappa shape index (κ3) is 4.88. The third-order valence-electron chi connectivity index (χ3n) is 4.87. The van der Waals surface area contributed by atoms with Gasteiger partial charge in [-0.2, -0.15) is 0 Å². The molecule has 0 saturated heterocycles. The van der Waals surface area contributed by atoms with Gasteiger partial charge in [0.1, 0.15) is 22.8 Å². The minimum atomic E-state index is -0.432. The summed E-state index contributed by atoms with van der Waals surface area (Å²) < 4.78 is 16.2. The molecule has 0 aliphatic carbocycles. The summed E-state index contributed by atoms with van der Waals surface area (Å²) in [4.78, 5) is 17.1. The van der Waals surface area contributed by atoms with E-state index in [9.17, 15) is 9.90 Å². The molecule has 3 N–H and O–H groups in total. The van der Waals surface area contributed by atoms with Crippen molar-refractivity contribution in [2.45, 2.75) is 6.92 Å². The van der Waals surface area contributed by atoms with Gasteiger partial charge in [-0.05, 0) is 67.2 Å².